The maximum atomic E-state index is 13.0. The molecule has 28 heavy (non-hydrogen) atoms. The van der Waals surface area contributed by atoms with E-state index in [2.05, 4.69) is 4.98 Å². The van der Waals surface area contributed by atoms with Gasteiger partial charge in [-0.1, -0.05) is 23.7 Å². The Hall–Kier alpha value is -2.39. The number of nitrogens with one attached hydrogen (secondary N) is 1. The second kappa shape index (κ2) is 8.32. The summed E-state index contributed by atoms with van der Waals surface area (Å²) in [6.07, 6.45) is 0. The van der Waals surface area contributed by atoms with Gasteiger partial charge in [-0.05, 0) is 35.7 Å². The minimum Gasteiger partial charge on any atom is -0.497 e. The molecule has 0 unspecified atom stereocenters. The van der Waals surface area contributed by atoms with Gasteiger partial charge in [0.15, 0.2) is 0 Å². The standard InChI is InChI=1S/C19H19ClN2O5S/c1-27-15-7-6-13-10-14(19(24)21-17(13)11-15)12-22(8-9-23)28(25,26)18-5-3-2-4-16(18)20/h2-7,10-11,23H,8-9,12H2,1H3,(H,21,24). The lowest BCUT2D eigenvalue weighted by Crippen LogP contribution is -2.35. The summed E-state index contributed by atoms with van der Waals surface area (Å²) in [6, 6.07) is 12.9. The average Bonchev–Trinajstić information content (AvgIpc) is 2.67. The summed E-state index contributed by atoms with van der Waals surface area (Å²) in [5, 5.41) is 10.2. The van der Waals surface area contributed by atoms with Crippen molar-refractivity contribution in [3.8, 4) is 5.75 Å². The van der Waals surface area contributed by atoms with Crippen molar-refractivity contribution in [1.29, 1.82) is 0 Å². The number of pyridine rings is 1. The maximum absolute atomic E-state index is 13.0. The Labute approximate surface area is 167 Å². The van der Waals surface area contributed by atoms with E-state index in [1.54, 1.807) is 36.4 Å². The minimum absolute atomic E-state index is 0.0740. The lowest BCUT2D eigenvalue weighted by atomic mass is 10.1. The zero-order valence-corrected chi connectivity index (χ0v) is 16.6. The highest BCUT2D eigenvalue weighted by Crippen LogP contribution is 2.25. The summed E-state index contributed by atoms with van der Waals surface area (Å²) < 4.78 is 32.2. The quantitative estimate of drug-likeness (QED) is 0.609. The highest BCUT2D eigenvalue weighted by molar-refractivity contribution is 7.89. The van der Waals surface area contributed by atoms with Crippen LogP contribution in [0.2, 0.25) is 5.02 Å². The third-order valence-electron chi connectivity index (χ3n) is 4.28. The highest BCUT2D eigenvalue weighted by Gasteiger charge is 2.27. The van der Waals surface area contributed by atoms with Crippen LogP contribution >= 0.6 is 11.6 Å². The van der Waals surface area contributed by atoms with Crippen LogP contribution in [0.15, 0.2) is 58.2 Å². The van der Waals surface area contributed by atoms with Crippen LogP contribution in [0.25, 0.3) is 10.9 Å². The fourth-order valence-corrected chi connectivity index (χ4v) is 4.75. The molecule has 7 nitrogen and oxygen atoms in total. The van der Waals surface area contributed by atoms with E-state index in [0.29, 0.717) is 11.3 Å². The van der Waals surface area contributed by atoms with Crippen molar-refractivity contribution in [1.82, 2.24) is 9.29 Å². The molecule has 0 aliphatic carbocycles. The van der Waals surface area contributed by atoms with E-state index in [0.717, 1.165) is 9.69 Å². The van der Waals surface area contributed by atoms with Crippen LogP contribution in [0.3, 0.4) is 0 Å². The molecule has 2 N–H and O–H groups in total. The maximum Gasteiger partial charge on any atom is 0.252 e. The van der Waals surface area contributed by atoms with Crippen LogP contribution in [-0.4, -0.2) is 43.1 Å². The molecular weight excluding hydrogens is 404 g/mol. The van der Waals surface area contributed by atoms with E-state index in [4.69, 9.17) is 16.3 Å². The van der Waals surface area contributed by atoms with Gasteiger partial charge >= 0.3 is 0 Å². The van der Waals surface area contributed by atoms with Gasteiger partial charge in [-0.25, -0.2) is 8.42 Å². The number of ether oxygens (including phenoxy) is 1. The Balaban J connectivity index is 2.02. The molecule has 1 aromatic heterocycles. The molecule has 0 bridgehead atoms. The third-order valence-corrected chi connectivity index (χ3v) is 6.63. The number of rotatable bonds is 7. The van der Waals surface area contributed by atoms with E-state index >= 15 is 0 Å². The fourth-order valence-electron chi connectivity index (χ4n) is 2.85. The van der Waals surface area contributed by atoms with Crippen molar-refractivity contribution in [3.63, 3.8) is 0 Å². The second-order valence-corrected chi connectivity index (χ2v) is 8.38. The molecule has 0 aliphatic heterocycles. The average molecular weight is 423 g/mol. The number of fused-ring (bicyclic) bond motifs is 1. The van der Waals surface area contributed by atoms with Crippen LogP contribution in [-0.2, 0) is 16.6 Å². The van der Waals surface area contributed by atoms with Crippen LogP contribution in [0.1, 0.15) is 5.56 Å². The molecule has 0 saturated carbocycles. The molecule has 0 atom stereocenters. The normalized spacial score (nSPS) is 11.9. The van der Waals surface area contributed by atoms with E-state index in [-0.39, 0.29) is 28.6 Å². The lowest BCUT2D eigenvalue weighted by molar-refractivity contribution is 0.251. The molecule has 0 saturated heterocycles. The smallest absolute Gasteiger partial charge is 0.252 e. The summed E-state index contributed by atoms with van der Waals surface area (Å²) in [5.74, 6) is 0.596. The van der Waals surface area contributed by atoms with Crippen molar-refractivity contribution in [2.75, 3.05) is 20.3 Å². The number of aliphatic hydroxyl groups excluding tert-OH is 1. The number of aromatic nitrogens is 1. The first-order valence-electron chi connectivity index (χ1n) is 8.42. The van der Waals surface area contributed by atoms with E-state index in [1.807, 2.05) is 0 Å². The van der Waals surface area contributed by atoms with Gasteiger partial charge in [-0.15, -0.1) is 0 Å². The Kier molecular flexibility index (Phi) is 6.04. The molecule has 1 heterocycles. The van der Waals surface area contributed by atoms with E-state index in [9.17, 15) is 18.3 Å². The van der Waals surface area contributed by atoms with Gasteiger partial charge in [0.25, 0.3) is 5.56 Å². The van der Waals surface area contributed by atoms with E-state index < -0.39 is 22.2 Å². The highest BCUT2D eigenvalue weighted by atomic mass is 35.5. The fraction of sp³-hybridized carbons (Fsp3) is 0.211. The van der Waals surface area contributed by atoms with Crippen LogP contribution < -0.4 is 10.3 Å². The number of hydrogen-bond donors (Lipinski definition) is 2. The van der Waals surface area contributed by atoms with Crippen LogP contribution in [0.4, 0.5) is 0 Å². The first-order valence-corrected chi connectivity index (χ1v) is 10.2. The number of halogens is 1. The number of nitrogens with zero attached hydrogens (tertiary/aromatic N) is 1. The summed E-state index contributed by atoms with van der Waals surface area (Å²) in [6.45, 7) is -0.772. The molecule has 0 spiro atoms. The summed E-state index contributed by atoms with van der Waals surface area (Å²) >= 11 is 6.05. The van der Waals surface area contributed by atoms with Crippen molar-refractivity contribution < 1.29 is 18.3 Å². The van der Waals surface area contributed by atoms with Crippen molar-refractivity contribution in [3.05, 3.63) is 69.5 Å². The molecule has 0 aliphatic rings. The molecule has 3 aromatic rings. The van der Waals surface area contributed by atoms with Crippen molar-refractivity contribution in [2.24, 2.45) is 0 Å². The molecule has 148 valence electrons. The first kappa shape index (κ1) is 20.3. The number of aliphatic hydroxyl groups is 1. The first-order chi connectivity index (χ1) is 13.4. The zero-order valence-electron chi connectivity index (χ0n) is 15.1. The van der Waals surface area contributed by atoms with E-state index in [1.165, 1.54) is 19.2 Å². The summed E-state index contributed by atoms with van der Waals surface area (Å²) in [5.41, 5.74) is 0.413. The van der Waals surface area contributed by atoms with Crippen molar-refractivity contribution in [2.45, 2.75) is 11.4 Å². The topological polar surface area (TPSA) is 99.7 Å². The molecule has 0 amide bonds. The predicted octanol–water partition coefficient (Wildman–Crippen LogP) is 2.37. The second-order valence-electron chi connectivity index (χ2n) is 6.07. The van der Waals surface area contributed by atoms with Gasteiger partial charge in [0.1, 0.15) is 10.6 Å². The van der Waals surface area contributed by atoms with Crippen LogP contribution in [0, 0.1) is 0 Å². The minimum atomic E-state index is -4.00. The Morgan fingerprint density at radius 1 is 1.18 bits per heavy atom. The Bertz CT molecular complexity index is 1160. The van der Waals surface area contributed by atoms with Gasteiger partial charge in [0, 0.05) is 24.7 Å². The van der Waals surface area contributed by atoms with Crippen LogP contribution in [0.5, 0.6) is 5.75 Å². The van der Waals surface area contributed by atoms with Crippen molar-refractivity contribution >= 4 is 32.5 Å². The van der Waals surface area contributed by atoms with Gasteiger partial charge in [0.05, 0.1) is 24.3 Å². The SMILES string of the molecule is COc1ccc2cc(CN(CCO)S(=O)(=O)c3ccccc3Cl)c(=O)[nH]c2c1. The zero-order chi connectivity index (χ0) is 20.3. The molecular formula is C19H19ClN2O5S. The number of sulfonamides is 1. The molecule has 0 fully saturated rings. The number of methoxy groups -OCH3 is 1. The van der Waals surface area contributed by atoms with Gasteiger partial charge < -0.3 is 14.8 Å². The third kappa shape index (κ3) is 4.05. The Morgan fingerprint density at radius 2 is 1.93 bits per heavy atom. The number of aromatic amines is 1. The number of H-pyrrole nitrogens is 1. The predicted molar refractivity (Wildman–Crippen MR) is 107 cm³/mol. The monoisotopic (exact) mass is 422 g/mol. The summed E-state index contributed by atoms with van der Waals surface area (Å²) in [7, 11) is -2.48. The Morgan fingerprint density at radius 3 is 2.61 bits per heavy atom. The largest absolute Gasteiger partial charge is 0.497 e. The van der Waals surface area contributed by atoms with Gasteiger partial charge in [-0.2, -0.15) is 4.31 Å². The number of benzene rings is 2. The summed E-state index contributed by atoms with van der Waals surface area (Å²) in [4.78, 5) is 15.2. The molecule has 9 heteroatoms. The molecule has 2 aromatic carbocycles. The van der Waals surface area contributed by atoms with Gasteiger partial charge in [-0.3, -0.25) is 4.79 Å². The lowest BCUT2D eigenvalue weighted by Gasteiger charge is -2.22. The molecule has 0 radical (unpaired) electrons. The number of hydrogen-bond acceptors (Lipinski definition) is 5. The molecule has 3 rings (SSSR count). The van der Waals surface area contributed by atoms with Gasteiger partial charge in [0.2, 0.25) is 10.0 Å².